The minimum atomic E-state index is -0.992. The number of hydrogen-bond donors (Lipinski definition) is 0. The topological polar surface area (TPSA) is 123 Å². The number of benzene rings is 6. The van der Waals surface area contributed by atoms with Crippen LogP contribution in [-0.2, 0) is 84.0 Å². The van der Waals surface area contributed by atoms with Crippen LogP contribution in [-0.4, -0.2) is 85.3 Å². The zero-order valence-corrected chi connectivity index (χ0v) is 66.4. The van der Waals surface area contributed by atoms with E-state index in [1.165, 1.54) is 193 Å². The lowest BCUT2D eigenvalue weighted by molar-refractivity contribution is -0.331. The molecule has 0 amide bonds. The molecule has 8 atom stereocenters. The van der Waals surface area contributed by atoms with Crippen LogP contribution >= 0.6 is 0 Å². The van der Waals surface area contributed by atoms with E-state index in [1.54, 1.807) is 14.2 Å². The van der Waals surface area contributed by atoms with Crippen molar-refractivity contribution in [1.29, 1.82) is 0 Å². The van der Waals surface area contributed by atoms with Gasteiger partial charge in [0.1, 0.15) is 48.1 Å². The predicted octanol–water partition coefficient (Wildman–Crippen LogP) is 24.0. The summed E-state index contributed by atoms with van der Waals surface area (Å²) in [5.74, 6) is 1.58. The molecule has 1 aromatic heterocycles. The lowest BCUT2D eigenvalue weighted by Gasteiger charge is -2.46. The standard InChI is InChI=1S/C94H137N3O10/c1-5-7-9-11-13-15-17-19-20-21-22-23-24-25-26-27-28-29-31-33-35-49-59-84-69-97(96-95-84)87(90(102-75-83-63-67-86(99-4)68-64-83)88(101-71-82-61-65-85(98-3)66-62-82)60-50-36-34-32-30-18-16-14-12-10-8-6-2)76-106-94-93(105-74-81-57-47-40-48-58-81)92(104-73-80-55-45-39-46-56-80)91(103-72-79-53-43-38-44-54-79)89(107-94)77-100-70-78-51-41-37-42-52-78/h37-48,51-58,61-69,87-94H,5-36,49-50,59-60,70-77H2,1-4H3/t87-,88+,89?,90-,91-,92-,93+,94-/m0/s1. The molecular formula is C94H137N3O10. The van der Waals surface area contributed by atoms with Crippen molar-refractivity contribution < 1.29 is 47.4 Å². The van der Waals surface area contributed by atoms with Crippen molar-refractivity contribution in [3.63, 3.8) is 0 Å². The van der Waals surface area contributed by atoms with Crippen LogP contribution in [0.15, 0.2) is 176 Å². The Morgan fingerprint density at radius 1 is 0.364 bits per heavy atom. The van der Waals surface area contributed by atoms with E-state index in [4.69, 9.17) is 57.7 Å². The van der Waals surface area contributed by atoms with E-state index in [0.717, 1.165) is 89.1 Å². The van der Waals surface area contributed by atoms with Gasteiger partial charge < -0.3 is 47.4 Å². The van der Waals surface area contributed by atoms with Crippen molar-refractivity contribution >= 4 is 0 Å². The number of unbranched alkanes of at least 4 members (excludes halogenated alkanes) is 32. The van der Waals surface area contributed by atoms with Crippen molar-refractivity contribution in [3.05, 3.63) is 215 Å². The number of nitrogens with zero attached hydrogens (tertiary/aromatic N) is 3. The number of aryl methyl sites for hydroxylation is 1. The van der Waals surface area contributed by atoms with Crippen molar-refractivity contribution in [1.82, 2.24) is 15.0 Å². The summed E-state index contributed by atoms with van der Waals surface area (Å²) in [6.07, 6.45) is 43.7. The molecule has 13 nitrogen and oxygen atoms in total. The number of rotatable bonds is 63. The second kappa shape index (κ2) is 55.2. The highest BCUT2D eigenvalue weighted by Crippen LogP contribution is 2.35. The Balaban J connectivity index is 1.04. The van der Waals surface area contributed by atoms with Crippen LogP contribution < -0.4 is 9.47 Å². The molecule has 6 aromatic carbocycles. The highest BCUT2D eigenvalue weighted by molar-refractivity contribution is 5.28. The predicted molar refractivity (Wildman–Crippen MR) is 435 cm³/mol. The molecular weight excluding hydrogens is 1330 g/mol. The molecule has 0 N–H and O–H groups in total. The van der Waals surface area contributed by atoms with Crippen LogP contribution in [0.1, 0.15) is 284 Å². The average molecular weight is 1470 g/mol. The molecule has 2 heterocycles. The number of methoxy groups -OCH3 is 2. The van der Waals surface area contributed by atoms with Gasteiger partial charge >= 0.3 is 0 Å². The number of hydrogen-bond acceptors (Lipinski definition) is 12. The molecule has 1 saturated heterocycles. The third kappa shape index (κ3) is 35.1. The fraction of sp³-hybridized carbons (Fsp3) is 0.596. The van der Waals surface area contributed by atoms with Crippen molar-refractivity contribution in [3.8, 4) is 11.5 Å². The average Bonchev–Trinajstić information content (AvgIpc) is 0.971. The Kier molecular flexibility index (Phi) is 44.5. The molecule has 8 rings (SSSR count). The fourth-order valence-electron chi connectivity index (χ4n) is 14.7. The monoisotopic (exact) mass is 1470 g/mol. The summed E-state index contributed by atoms with van der Waals surface area (Å²) in [6.45, 7) is 6.78. The molecule has 13 heteroatoms. The second-order valence-electron chi connectivity index (χ2n) is 30.1. The van der Waals surface area contributed by atoms with E-state index in [1.807, 2.05) is 102 Å². The van der Waals surface area contributed by atoms with Gasteiger partial charge in [-0.05, 0) is 76.9 Å². The molecule has 1 fully saturated rings. The van der Waals surface area contributed by atoms with E-state index in [9.17, 15) is 0 Å². The van der Waals surface area contributed by atoms with Gasteiger partial charge in [0.05, 0.1) is 78.9 Å². The van der Waals surface area contributed by atoms with Crippen LogP contribution in [0.25, 0.3) is 0 Å². The maximum Gasteiger partial charge on any atom is 0.187 e. The Morgan fingerprint density at radius 2 is 0.729 bits per heavy atom. The van der Waals surface area contributed by atoms with E-state index < -0.39 is 49.0 Å². The van der Waals surface area contributed by atoms with Crippen molar-refractivity contribution in [2.24, 2.45) is 0 Å². The van der Waals surface area contributed by atoms with Gasteiger partial charge in [-0.25, -0.2) is 4.68 Å². The zero-order chi connectivity index (χ0) is 74.5. The van der Waals surface area contributed by atoms with Gasteiger partial charge in [0, 0.05) is 6.20 Å². The molecule has 588 valence electrons. The molecule has 1 unspecified atom stereocenters. The third-order valence-electron chi connectivity index (χ3n) is 21.3. The highest BCUT2D eigenvalue weighted by atomic mass is 16.7. The fourth-order valence-corrected chi connectivity index (χ4v) is 14.7. The Labute approximate surface area is 646 Å². The number of aromatic nitrogens is 3. The van der Waals surface area contributed by atoms with Crippen LogP contribution in [0.4, 0.5) is 0 Å². The Hall–Kier alpha value is -6.26. The summed E-state index contributed by atoms with van der Waals surface area (Å²) in [7, 11) is 3.40. The molecule has 0 aliphatic carbocycles. The molecule has 0 bridgehead atoms. The van der Waals surface area contributed by atoms with Crippen LogP contribution in [0.3, 0.4) is 0 Å². The van der Waals surface area contributed by atoms with Gasteiger partial charge in [-0.3, -0.25) is 0 Å². The maximum atomic E-state index is 7.53. The van der Waals surface area contributed by atoms with Crippen LogP contribution in [0.2, 0.25) is 0 Å². The van der Waals surface area contributed by atoms with Gasteiger partial charge in [0.25, 0.3) is 0 Å². The maximum absolute atomic E-state index is 7.53. The zero-order valence-electron chi connectivity index (χ0n) is 66.4. The molecule has 1 aliphatic rings. The smallest absolute Gasteiger partial charge is 0.187 e. The van der Waals surface area contributed by atoms with Gasteiger partial charge in [0.2, 0.25) is 0 Å². The Bertz CT molecular complexity index is 3220. The normalized spacial score (nSPS) is 16.8. The van der Waals surface area contributed by atoms with Crippen LogP contribution in [0.5, 0.6) is 11.5 Å². The SMILES string of the molecule is CCCCCCCCCCCCCCCCCCCCCCCCc1cn([C@@H](CO[C@H]2OC(COCc3ccccc3)[C@H](OCc3ccccc3)[C@H](OCc3ccccc3)[C@H]2OCc2ccccc2)[C@H](OCc2ccc(OC)cc2)[C@@H](CCCCCCCCCCCCCC)OCc2ccc(OC)cc2)nn1. The highest BCUT2D eigenvalue weighted by Gasteiger charge is 2.50. The summed E-state index contributed by atoms with van der Waals surface area (Å²) in [5, 5.41) is 10.1. The summed E-state index contributed by atoms with van der Waals surface area (Å²) in [6, 6.07) is 56.8. The molecule has 0 radical (unpaired) electrons. The molecule has 0 saturated carbocycles. The first-order valence-electron chi connectivity index (χ1n) is 42.2. The minimum Gasteiger partial charge on any atom is -0.497 e. The van der Waals surface area contributed by atoms with Gasteiger partial charge in [-0.2, -0.15) is 0 Å². The third-order valence-corrected chi connectivity index (χ3v) is 21.3. The minimum absolute atomic E-state index is 0.0880. The van der Waals surface area contributed by atoms with Gasteiger partial charge in [0.15, 0.2) is 6.29 Å². The van der Waals surface area contributed by atoms with Crippen molar-refractivity contribution in [2.45, 2.75) is 334 Å². The first-order chi connectivity index (χ1) is 53.0. The number of ether oxygens (including phenoxy) is 10. The largest absolute Gasteiger partial charge is 0.497 e. The quantitative estimate of drug-likeness (QED) is 0.0337. The van der Waals surface area contributed by atoms with E-state index >= 15 is 0 Å². The van der Waals surface area contributed by atoms with Crippen molar-refractivity contribution in [2.75, 3.05) is 27.4 Å². The van der Waals surface area contributed by atoms with E-state index in [-0.39, 0.29) is 19.8 Å². The lowest BCUT2D eigenvalue weighted by atomic mass is 9.97. The first-order valence-corrected chi connectivity index (χ1v) is 42.2. The molecule has 0 spiro atoms. The van der Waals surface area contributed by atoms with Gasteiger partial charge in [-0.1, -0.05) is 377 Å². The Morgan fingerprint density at radius 3 is 1.15 bits per heavy atom. The summed E-state index contributed by atoms with van der Waals surface area (Å²) < 4.78 is 71.3. The lowest BCUT2D eigenvalue weighted by Crippen LogP contribution is -2.62. The summed E-state index contributed by atoms with van der Waals surface area (Å²) >= 11 is 0. The van der Waals surface area contributed by atoms with E-state index in [2.05, 4.69) is 92.8 Å². The first kappa shape index (κ1) is 86.3. The second-order valence-corrected chi connectivity index (χ2v) is 30.1. The molecule has 1 aliphatic heterocycles. The molecule has 107 heavy (non-hydrogen) atoms. The van der Waals surface area contributed by atoms with Crippen LogP contribution in [0, 0.1) is 0 Å². The summed E-state index contributed by atoms with van der Waals surface area (Å²) in [5.41, 5.74) is 7.08. The summed E-state index contributed by atoms with van der Waals surface area (Å²) in [4.78, 5) is 0. The van der Waals surface area contributed by atoms with Gasteiger partial charge in [-0.15, -0.1) is 5.10 Å². The molecule has 7 aromatic rings. The van der Waals surface area contributed by atoms with E-state index in [0.29, 0.717) is 33.0 Å².